The van der Waals surface area contributed by atoms with Gasteiger partial charge in [-0.1, -0.05) is 211 Å². The van der Waals surface area contributed by atoms with E-state index in [1.54, 1.807) is 6.08 Å². The van der Waals surface area contributed by atoms with Gasteiger partial charge in [0.05, 0.1) is 50.7 Å². The summed E-state index contributed by atoms with van der Waals surface area (Å²) in [7, 11) is 0. The molecule has 23 nitrogen and oxygen atoms in total. The van der Waals surface area contributed by atoms with Gasteiger partial charge >= 0.3 is 5.97 Å². The zero-order chi connectivity index (χ0) is 66.8. The summed E-state index contributed by atoms with van der Waals surface area (Å²) in [6.07, 6.45) is 20.3. The number of nitrogens with one attached hydrogen (secondary N) is 2. The van der Waals surface area contributed by atoms with Crippen LogP contribution in [0.15, 0.2) is 36.5 Å². The van der Waals surface area contributed by atoms with Crippen molar-refractivity contribution >= 4 is 17.8 Å². The van der Waals surface area contributed by atoms with Gasteiger partial charge in [-0.2, -0.15) is 0 Å². The second-order valence-corrected chi connectivity index (χ2v) is 25.4. The number of hydrogen-bond acceptors (Lipinski definition) is 20. The molecule has 3 rings (SSSR count). The predicted octanol–water partition coefficient (Wildman–Crippen LogP) is 6.23. The molecule has 3 aliphatic rings. The Morgan fingerprint density at radius 3 is 1.55 bits per heavy atom. The van der Waals surface area contributed by atoms with E-state index in [0.717, 1.165) is 64.7 Å². The summed E-state index contributed by atoms with van der Waals surface area (Å²) in [4.78, 5) is 38.5. The number of carbonyl (C=O) groups excluding carboxylic acids is 2. The van der Waals surface area contributed by atoms with Crippen LogP contribution in [0, 0.1) is 0 Å². The molecule has 91 heavy (non-hydrogen) atoms. The molecule has 3 saturated heterocycles. The van der Waals surface area contributed by atoms with Crippen molar-refractivity contribution in [2.24, 2.45) is 0 Å². The number of carbonyl (C=O) groups is 3. The normalized spacial score (nSPS) is 28.6. The Morgan fingerprint density at radius 1 is 0.582 bits per heavy atom. The molecule has 14 N–H and O–H groups in total. The Morgan fingerprint density at radius 2 is 1.05 bits per heavy atom. The third-order valence-electron chi connectivity index (χ3n) is 17.6. The lowest BCUT2D eigenvalue weighted by Gasteiger charge is -2.50. The Kier molecular flexibility index (Phi) is 43.9. The molecule has 0 bridgehead atoms. The highest BCUT2D eigenvalue weighted by Crippen LogP contribution is 2.39. The molecule has 3 heterocycles. The van der Waals surface area contributed by atoms with Gasteiger partial charge in [-0.15, -0.1) is 0 Å². The number of aliphatic hydroxyl groups excluding tert-OH is 11. The van der Waals surface area contributed by atoms with E-state index in [0.29, 0.717) is 12.8 Å². The molecule has 0 aromatic carbocycles. The number of amides is 2. The summed E-state index contributed by atoms with van der Waals surface area (Å²) in [5.41, 5.74) is 0. The fourth-order valence-corrected chi connectivity index (χ4v) is 12.0. The summed E-state index contributed by atoms with van der Waals surface area (Å²) in [5, 5.41) is 136. The molecule has 0 saturated carbocycles. The number of aliphatic carboxylic acids is 1. The van der Waals surface area contributed by atoms with Crippen LogP contribution in [-0.2, 0) is 42.8 Å². The number of unbranched alkanes of at least 4 members (excludes halogenated alkanes) is 29. The molecule has 0 aliphatic carbocycles. The van der Waals surface area contributed by atoms with Crippen LogP contribution in [0.4, 0.5) is 0 Å². The average molecular weight is 1300 g/mol. The summed E-state index contributed by atoms with van der Waals surface area (Å²) < 4.78 is 34.8. The van der Waals surface area contributed by atoms with Crippen LogP contribution in [0.25, 0.3) is 0 Å². The first-order chi connectivity index (χ1) is 43.9. The molecule has 530 valence electrons. The maximum Gasteiger partial charge on any atom is 0.364 e. The highest BCUT2D eigenvalue weighted by atomic mass is 16.8. The van der Waals surface area contributed by atoms with Gasteiger partial charge in [0.15, 0.2) is 12.6 Å². The fourth-order valence-electron chi connectivity index (χ4n) is 12.0. The number of aliphatic hydroxyl groups is 11. The van der Waals surface area contributed by atoms with Crippen LogP contribution in [0.5, 0.6) is 0 Å². The summed E-state index contributed by atoms with van der Waals surface area (Å²) >= 11 is 0. The number of carboxylic acids is 1. The van der Waals surface area contributed by atoms with Crippen molar-refractivity contribution in [3.8, 4) is 0 Å². The second kappa shape index (κ2) is 48.6. The minimum absolute atomic E-state index is 0.195. The lowest BCUT2D eigenvalue weighted by Crippen LogP contribution is -2.70. The third kappa shape index (κ3) is 31.1. The van der Waals surface area contributed by atoms with Gasteiger partial charge in [0.25, 0.3) is 5.79 Å². The monoisotopic (exact) mass is 1300 g/mol. The minimum Gasteiger partial charge on any atom is -0.477 e. The number of carboxylic acid groups (broad SMARTS) is 1. The topological polar surface area (TPSA) is 373 Å². The molecule has 18 atom stereocenters. The van der Waals surface area contributed by atoms with Gasteiger partial charge in [-0.3, -0.25) is 9.59 Å². The smallest absolute Gasteiger partial charge is 0.364 e. The third-order valence-corrected chi connectivity index (χ3v) is 17.6. The van der Waals surface area contributed by atoms with Gasteiger partial charge in [0.1, 0.15) is 67.1 Å². The quantitative estimate of drug-likeness (QED) is 0.0182. The zero-order valence-electron chi connectivity index (χ0n) is 55.2. The summed E-state index contributed by atoms with van der Waals surface area (Å²) in [6.45, 7) is 2.11. The minimum atomic E-state index is -3.08. The van der Waals surface area contributed by atoms with Crippen LogP contribution >= 0.6 is 0 Å². The molecule has 0 aromatic heterocycles. The lowest BCUT2D eigenvalue weighted by atomic mass is 9.88. The maximum absolute atomic E-state index is 13.5. The van der Waals surface area contributed by atoms with Crippen molar-refractivity contribution in [2.45, 2.75) is 349 Å². The van der Waals surface area contributed by atoms with E-state index >= 15 is 0 Å². The first-order valence-electron chi connectivity index (χ1n) is 34.9. The standard InChI is InChI=1S/C68H122N2O21/c1-4-6-8-10-12-14-16-18-20-22-24-26-28-30-32-34-36-38-40-42-55(78)70-49(50(75)41-39-37-35-33-31-29-27-25-23-21-19-17-15-13-11-9-7-5-2)47-86-65-60(82)59(81)62(54(46-73)88-65)89-66-61(83)64(58(80)53(45-72)87-66)91-68(67(84)85)43-51(76)56(69-48(3)74)63(90-68)57(79)52(77)44-71/h12,14,16,18,39,41,49-54,56-66,71-73,75-77,79-83H,4-11,13,15,17,19-38,40,42-47H2,1-3H3,(H,69,74)(H,70,78)(H,84,85)/b14-12-,18-16-,41-39+. The number of ether oxygens (including phenoxy) is 6. The van der Waals surface area contributed by atoms with Crippen LogP contribution in [0.1, 0.15) is 239 Å². The average Bonchev–Trinajstić information content (AvgIpc) is 0.783. The largest absolute Gasteiger partial charge is 0.477 e. The van der Waals surface area contributed by atoms with Gasteiger partial charge < -0.3 is 100 Å². The zero-order valence-corrected chi connectivity index (χ0v) is 55.2. The van der Waals surface area contributed by atoms with Crippen LogP contribution in [0.2, 0.25) is 0 Å². The highest BCUT2D eigenvalue weighted by molar-refractivity contribution is 5.77. The van der Waals surface area contributed by atoms with E-state index in [4.69, 9.17) is 28.4 Å². The SMILES string of the molecule is CCCCC/C=C\C=C/CCCCCCCCCCCCC(=O)NC(COC1OC(CO)C(OC2OC(CO)C(O)C(OC3(C(=O)O)CC(O)C(NC(C)=O)C(C(O)C(O)CO)O3)C2O)C(O)C1O)C(O)/C=C/CCCCCCCCCCCCCCCCCC. The van der Waals surface area contributed by atoms with Crippen molar-refractivity contribution in [2.75, 3.05) is 26.4 Å². The van der Waals surface area contributed by atoms with E-state index in [1.807, 2.05) is 6.08 Å². The molecule has 0 spiro atoms. The number of rotatable bonds is 52. The Labute approximate surface area is 542 Å². The molecular formula is C68H122N2O21. The van der Waals surface area contributed by atoms with E-state index in [9.17, 15) is 75.7 Å². The van der Waals surface area contributed by atoms with Gasteiger partial charge in [0.2, 0.25) is 11.8 Å². The molecule has 18 unspecified atom stereocenters. The van der Waals surface area contributed by atoms with Crippen molar-refractivity contribution in [3.63, 3.8) is 0 Å². The lowest BCUT2D eigenvalue weighted by molar-refractivity contribution is -0.386. The van der Waals surface area contributed by atoms with Crippen LogP contribution in [-0.4, -0.2) is 215 Å². The molecule has 23 heteroatoms. The first kappa shape index (κ1) is 82.2. The van der Waals surface area contributed by atoms with Crippen LogP contribution < -0.4 is 10.6 Å². The van der Waals surface area contributed by atoms with Gasteiger partial charge in [-0.05, 0) is 44.9 Å². The number of allylic oxidation sites excluding steroid dienone is 5. The predicted molar refractivity (Wildman–Crippen MR) is 343 cm³/mol. The van der Waals surface area contributed by atoms with Crippen molar-refractivity contribution in [3.05, 3.63) is 36.5 Å². The molecule has 0 radical (unpaired) electrons. The Bertz CT molecular complexity index is 1990. The Hall–Kier alpha value is -3.05. The molecule has 2 amide bonds. The van der Waals surface area contributed by atoms with Crippen molar-refractivity contribution < 1.29 is 104 Å². The molecule has 3 aliphatic heterocycles. The van der Waals surface area contributed by atoms with E-state index in [-0.39, 0.29) is 12.3 Å². The summed E-state index contributed by atoms with van der Waals surface area (Å²) in [6, 6.07) is -2.62. The van der Waals surface area contributed by atoms with Crippen molar-refractivity contribution in [1.82, 2.24) is 10.6 Å². The van der Waals surface area contributed by atoms with E-state index in [1.165, 1.54) is 135 Å². The first-order valence-corrected chi connectivity index (χ1v) is 34.9. The van der Waals surface area contributed by atoms with Gasteiger partial charge in [0, 0.05) is 19.8 Å². The molecular weight excluding hydrogens is 1180 g/mol. The van der Waals surface area contributed by atoms with Crippen LogP contribution in [0.3, 0.4) is 0 Å². The summed E-state index contributed by atoms with van der Waals surface area (Å²) in [5.74, 6) is -6.15. The van der Waals surface area contributed by atoms with E-state index in [2.05, 4.69) is 48.8 Å². The number of hydrogen-bond donors (Lipinski definition) is 14. The highest BCUT2D eigenvalue weighted by Gasteiger charge is 2.60. The maximum atomic E-state index is 13.5. The second-order valence-electron chi connectivity index (χ2n) is 25.4. The van der Waals surface area contributed by atoms with Crippen molar-refractivity contribution in [1.29, 1.82) is 0 Å². The van der Waals surface area contributed by atoms with Gasteiger partial charge in [-0.25, -0.2) is 4.79 Å². The van der Waals surface area contributed by atoms with E-state index < -0.39 is 155 Å². The Balaban J connectivity index is 1.61. The fraction of sp³-hybridized carbons (Fsp3) is 0.868. The molecule has 3 fully saturated rings. The molecule has 0 aromatic rings.